The largest absolute Gasteiger partial charge is 0.395 e. The van der Waals surface area contributed by atoms with E-state index in [1.807, 2.05) is 18.3 Å². The third-order valence-corrected chi connectivity index (χ3v) is 5.63. The van der Waals surface area contributed by atoms with Gasteiger partial charge >= 0.3 is 0 Å². The van der Waals surface area contributed by atoms with E-state index in [9.17, 15) is 4.79 Å². The van der Waals surface area contributed by atoms with E-state index in [0.29, 0.717) is 0 Å². The minimum atomic E-state index is -0.198. The second kappa shape index (κ2) is 7.02. The van der Waals surface area contributed by atoms with Crippen LogP contribution >= 0.6 is 31.9 Å². The third-order valence-electron chi connectivity index (χ3n) is 4.77. The number of aliphatic hydroxyl groups is 1. The molecule has 0 bridgehead atoms. The van der Waals surface area contributed by atoms with Crippen LogP contribution in [0.3, 0.4) is 0 Å². The quantitative estimate of drug-likeness (QED) is 0.712. The first-order valence-electron chi connectivity index (χ1n) is 7.83. The van der Waals surface area contributed by atoms with Gasteiger partial charge in [0.25, 0.3) is 0 Å². The van der Waals surface area contributed by atoms with Crippen LogP contribution in [0.25, 0.3) is 0 Å². The average Bonchev–Trinajstić information content (AvgIpc) is 3.49. The molecule has 0 spiro atoms. The normalized spacial score (nSPS) is 19.0. The number of pyridine rings is 2. The van der Waals surface area contributed by atoms with E-state index in [4.69, 9.17) is 5.11 Å². The van der Waals surface area contributed by atoms with Crippen LogP contribution in [0.5, 0.6) is 0 Å². The fourth-order valence-electron chi connectivity index (χ4n) is 2.68. The number of hydrogen-bond acceptors (Lipinski definition) is 4. The molecule has 0 radical (unpaired) electrons. The zero-order valence-electron chi connectivity index (χ0n) is 13.1. The summed E-state index contributed by atoms with van der Waals surface area (Å²) in [6, 6.07) is 4.00. The molecule has 126 valence electrons. The molecule has 0 atom stereocenters. The van der Waals surface area contributed by atoms with Crippen molar-refractivity contribution in [3.05, 3.63) is 57.0 Å². The molecule has 0 saturated heterocycles. The van der Waals surface area contributed by atoms with Crippen molar-refractivity contribution in [2.75, 3.05) is 6.61 Å². The molecule has 2 aromatic rings. The van der Waals surface area contributed by atoms with E-state index >= 15 is 0 Å². The molecular formula is C18H18Br2N2O2. The Kier molecular flexibility index (Phi) is 5.18. The smallest absolute Gasteiger partial charge is 0.130 e. The first-order chi connectivity index (χ1) is 11.5. The highest BCUT2D eigenvalue weighted by Gasteiger charge is 2.44. The van der Waals surface area contributed by atoms with Crippen LogP contribution in [0.15, 0.2) is 45.9 Å². The zero-order valence-corrected chi connectivity index (χ0v) is 16.3. The van der Waals surface area contributed by atoms with Crippen LogP contribution < -0.4 is 0 Å². The highest BCUT2D eigenvalue weighted by molar-refractivity contribution is 9.10. The van der Waals surface area contributed by atoms with Crippen molar-refractivity contribution in [1.82, 2.24) is 9.97 Å². The third kappa shape index (κ3) is 3.76. The Labute approximate surface area is 158 Å². The second-order valence-corrected chi connectivity index (χ2v) is 8.33. The predicted molar refractivity (Wildman–Crippen MR) is 98.8 cm³/mol. The van der Waals surface area contributed by atoms with E-state index < -0.39 is 0 Å². The molecule has 0 unspecified atom stereocenters. The lowest BCUT2D eigenvalue weighted by molar-refractivity contribution is -0.109. The van der Waals surface area contributed by atoms with Crippen molar-refractivity contribution in [3.8, 4) is 0 Å². The van der Waals surface area contributed by atoms with Crippen LogP contribution in [0.2, 0.25) is 0 Å². The molecule has 4 rings (SSSR count). The van der Waals surface area contributed by atoms with Gasteiger partial charge in [-0.3, -0.25) is 9.97 Å². The lowest BCUT2D eigenvalue weighted by Gasteiger charge is -2.10. The molecular weight excluding hydrogens is 436 g/mol. The standard InChI is InChI=1S/C9H10BrNO.C9H8BrNO/c2*10-8-3-7(4-11-5-8)9(6-12)1-2-9/h3-5,12H,1-2,6H2;3-6H,1-2H2. The first-order valence-corrected chi connectivity index (χ1v) is 9.41. The number of hydrogen-bond donors (Lipinski definition) is 1. The predicted octanol–water partition coefficient (Wildman–Crippen LogP) is 3.94. The first kappa shape index (κ1) is 17.7. The molecule has 24 heavy (non-hydrogen) atoms. The molecule has 0 aromatic carbocycles. The fraction of sp³-hybridized carbons (Fsp3) is 0.389. The van der Waals surface area contributed by atoms with Crippen molar-refractivity contribution in [1.29, 1.82) is 0 Å². The Bertz CT molecular complexity index is 743. The maximum absolute atomic E-state index is 10.8. The Morgan fingerprint density at radius 2 is 1.50 bits per heavy atom. The van der Waals surface area contributed by atoms with Gasteiger partial charge in [0.2, 0.25) is 0 Å². The van der Waals surface area contributed by atoms with Crippen LogP contribution in [0.1, 0.15) is 36.8 Å². The molecule has 2 fully saturated rings. The van der Waals surface area contributed by atoms with Gasteiger partial charge in [0, 0.05) is 39.1 Å². The number of aliphatic hydroxyl groups excluding tert-OH is 1. The fourth-order valence-corrected chi connectivity index (χ4v) is 3.41. The Morgan fingerprint density at radius 1 is 0.958 bits per heavy atom. The van der Waals surface area contributed by atoms with Crippen molar-refractivity contribution >= 4 is 38.1 Å². The van der Waals surface area contributed by atoms with Gasteiger partial charge in [-0.1, -0.05) is 0 Å². The lowest BCUT2D eigenvalue weighted by Crippen LogP contribution is -2.11. The van der Waals surface area contributed by atoms with Crippen molar-refractivity contribution in [2.24, 2.45) is 0 Å². The van der Waals surface area contributed by atoms with Crippen LogP contribution in [-0.4, -0.2) is 28.0 Å². The molecule has 0 aliphatic heterocycles. The van der Waals surface area contributed by atoms with Crippen molar-refractivity contribution < 1.29 is 9.90 Å². The second-order valence-electron chi connectivity index (χ2n) is 6.50. The number of nitrogens with zero attached hydrogens (tertiary/aromatic N) is 2. The van der Waals surface area contributed by atoms with E-state index in [-0.39, 0.29) is 17.4 Å². The number of carbonyl (C=O) groups is 1. The maximum Gasteiger partial charge on any atom is 0.130 e. The van der Waals surface area contributed by atoms with Gasteiger partial charge < -0.3 is 9.90 Å². The maximum atomic E-state index is 10.8. The van der Waals surface area contributed by atoms with Crippen molar-refractivity contribution in [3.63, 3.8) is 0 Å². The van der Waals surface area contributed by atoms with Gasteiger partial charge in [-0.15, -0.1) is 0 Å². The van der Waals surface area contributed by atoms with E-state index in [1.165, 1.54) is 0 Å². The minimum Gasteiger partial charge on any atom is -0.395 e. The van der Waals surface area contributed by atoms with Crippen molar-refractivity contribution in [2.45, 2.75) is 36.5 Å². The van der Waals surface area contributed by atoms with Crippen LogP contribution in [-0.2, 0) is 15.6 Å². The zero-order chi connectivity index (χ0) is 17.2. The Balaban J connectivity index is 0.000000141. The summed E-state index contributed by atoms with van der Waals surface area (Å²) < 4.78 is 1.92. The molecule has 2 saturated carbocycles. The molecule has 2 heterocycles. The van der Waals surface area contributed by atoms with E-state index in [1.54, 1.807) is 18.6 Å². The number of halogens is 2. The molecule has 6 heteroatoms. The molecule has 1 N–H and O–H groups in total. The van der Waals surface area contributed by atoms with Crippen LogP contribution in [0.4, 0.5) is 0 Å². The number of aromatic nitrogens is 2. The Hall–Kier alpha value is -1.11. The number of rotatable bonds is 4. The summed E-state index contributed by atoms with van der Waals surface area (Å²) in [6.07, 6.45) is 12.2. The topological polar surface area (TPSA) is 63.1 Å². The van der Waals surface area contributed by atoms with Gasteiger partial charge in [-0.2, -0.15) is 0 Å². The summed E-state index contributed by atoms with van der Waals surface area (Å²) in [5, 5.41) is 9.16. The summed E-state index contributed by atoms with van der Waals surface area (Å²) >= 11 is 6.70. The van der Waals surface area contributed by atoms with E-state index in [2.05, 4.69) is 41.8 Å². The summed E-state index contributed by atoms with van der Waals surface area (Å²) in [6.45, 7) is 0.241. The monoisotopic (exact) mass is 452 g/mol. The minimum absolute atomic E-state index is 0.0385. The van der Waals surface area contributed by atoms with Gasteiger partial charge in [-0.25, -0.2) is 0 Å². The summed E-state index contributed by atoms with van der Waals surface area (Å²) in [5.74, 6) is 0. The van der Waals surface area contributed by atoms with Crippen LogP contribution in [0, 0.1) is 0 Å². The summed E-state index contributed by atoms with van der Waals surface area (Å²) in [5.41, 5.74) is 2.03. The molecule has 4 nitrogen and oxygen atoms in total. The SMILES string of the molecule is O=CC1(c2cncc(Br)c2)CC1.OCC1(c2cncc(Br)c2)CC1. The van der Waals surface area contributed by atoms with E-state index in [0.717, 1.165) is 52.0 Å². The van der Waals surface area contributed by atoms with Gasteiger partial charge in [-0.05, 0) is 80.8 Å². The highest BCUT2D eigenvalue weighted by Crippen LogP contribution is 2.48. The summed E-state index contributed by atoms with van der Waals surface area (Å²) in [7, 11) is 0. The summed E-state index contributed by atoms with van der Waals surface area (Å²) in [4.78, 5) is 18.9. The van der Waals surface area contributed by atoms with Gasteiger partial charge in [0.15, 0.2) is 0 Å². The molecule has 2 aromatic heterocycles. The van der Waals surface area contributed by atoms with Gasteiger partial charge in [0.1, 0.15) is 6.29 Å². The molecule has 2 aliphatic rings. The molecule has 2 aliphatic carbocycles. The highest BCUT2D eigenvalue weighted by atomic mass is 79.9. The number of carbonyl (C=O) groups excluding carboxylic acids is 1. The number of aldehydes is 1. The Morgan fingerprint density at radius 3 is 1.92 bits per heavy atom. The average molecular weight is 454 g/mol. The lowest BCUT2D eigenvalue weighted by atomic mass is 9.99. The molecule has 0 amide bonds. The van der Waals surface area contributed by atoms with Gasteiger partial charge in [0.05, 0.1) is 12.0 Å².